The number of benzene rings is 2. The van der Waals surface area contributed by atoms with Gasteiger partial charge in [0.1, 0.15) is 0 Å². The van der Waals surface area contributed by atoms with Crippen molar-refractivity contribution in [2.24, 2.45) is 0 Å². The average molecular weight is 444 g/mol. The first-order valence-electron chi connectivity index (χ1n) is 5.66. The zero-order chi connectivity index (χ0) is 13.4. The van der Waals surface area contributed by atoms with Gasteiger partial charge < -0.3 is 0 Å². The summed E-state index contributed by atoms with van der Waals surface area (Å²) in [5.41, 5.74) is 3.45. The molecule has 3 aromatic rings. The van der Waals surface area contributed by atoms with E-state index in [4.69, 9.17) is 0 Å². The van der Waals surface area contributed by atoms with Crippen molar-refractivity contribution in [3.05, 3.63) is 54.1 Å². The number of fused-ring (bicyclic) bond motifs is 1. The predicted molar refractivity (Wildman–Crippen MR) is 71.7 cm³/mol. The van der Waals surface area contributed by atoms with E-state index in [0.717, 1.165) is 22.9 Å². The summed E-state index contributed by atoms with van der Waals surface area (Å²) >= 11 is 0.562. The minimum atomic E-state index is -0.270. The van der Waals surface area contributed by atoms with Crippen LogP contribution in [0.3, 0.4) is 0 Å². The van der Waals surface area contributed by atoms with Crippen molar-refractivity contribution in [3.63, 3.8) is 0 Å². The van der Waals surface area contributed by atoms with E-state index in [1.165, 1.54) is 6.07 Å². The van der Waals surface area contributed by atoms with Gasteiger partial charge in [0.25, 0.3) is 0 Å². The second kappa shape index (κ2) is 4.84. The number of aldehydes is 1. The number of carbonyl (C=O) groups is 1. The first-order chi connectivity index (χ1) is 9.19. The summed E-state index contributed by atoms with van der Waals surface area (Å²) in [5, 5.41) is 0. The molecular formula is C14H8FN2OTl. The van der Waals surface area contributed by atoms with E-state index in [-0.39, 0.29) is 5.82 Å². The van der Waals surface area contributed by atoms with Gasteiger partial charge in [0.2, 0.25) is 0 Å². The molecule has 2 aromatic carbocycles. The summed E-state index contributed by atoms with van der Waals surface area (Å²) in [7, 11) is 0. The summed E-state index contributed by atoms with van der Waals surface area (Å²) in [5.74, 6) is -0.270. The second-order valence-electron chi connectivity index (χ2n) is 4.21. The van der Waals surface area contributed by atoms with Crippen molar-refractivity contribution >= 4 is 43.4 Å². The van der Waals surface area contributed by atoms with Crippen LogP contribution in [-0.4, -0.2) is 39.7 Å². The van der Waals surface area contributed by atoms with E-state index in [0.29, 0.717) is 37.2 Å². The predicted octanol–water partition coefficient (Wildman–Crippen LogP) is 2.59. The first-order valence-corrected chi connectivity index (χ1v) is 7.67. The van der Waals surface area contributed by atoms with Crippen LogP contribution in [0.15, 0.2) is 42.7 Å². The minimum absolute atomic E-state index is 0.270. The average Bonchev–Trinajstić information content (AvgIpc) is 2.79. The van der Waals surface area contributed by atoms with Gasteiger partial charge in [-0.2, -0.15) is 0 Å². The number of imidazole rings is 1. The Bertz CT molecular complexity index is 765. The van der Waals surface area contributed by atoms with Gasteiger partial charge in [-0.05, 0) is 0 Å². The molecule has 1 heterocycles. The third-order valence-corrected chi connectivity index (χ3v) is 4.62. The van der Waals surface area contributed by atoms with Crippen LogP contribution in [0.4, 0.5) is 4.39 Å². The Morgan fingerprint density at radius 2 is 1.95 bits per heavy atom. The third-order valence-electron chi connectivity index (χ3n) is 3.02. The van der Waals surface area contributed by atoms with Gasteiger partial charge in [-0.3, -0.25) is 0 Å². The fourth-order valence-corrected chi connectivity index (χ4v) is 3.07. The Morgan fingerprint density at radius 1 is 1.21 bits per heavy atom. The number of hydrogen-bond acceptors (Lipinski definition) is 2. The molecule has 0 bridgehead atoms. The topological polar surface area (TPSA) is 34.9 Å². The Labute approximate surface area is 125 Å². The van der Waals surface area contributed by atoms with Crippen molar-refractivity contribution in [1.82, 2.24) is 7.36 Å². The molecule has 1 aromatic heterocycles. The first kappa shape index (κ1) is 12.5. The molecule has 0 spiro atoms. The van der Waals surface area contributed by atoms with Crippen LogP contribution in [0.5, 0.6) is 0 Å². The molecule has 0 aliphatic rings. The molecular weight excluding hydrogens is 436 g/mol. The number of nitrogens with zero attached hydrogens (tertiary/aromatic N) is 2. The molecule has 3 nitrogen and oxygen atoms in total. The second-order valence-corrected chi connectivity index (χ2v) is 6.38. The van der Waals surface area contributed by atoms with Gasteiger partial charge in [0, 0.05) is 0 Å². The zero-order valence-corrected chi connectivity index (χ0v) is 14.4. The number of aromatic nitrogens is 2. The number of hydrogen-bond donors (Lipinski definition) is 0. The molecule has 0 radical (unpaired) electrons. The van der Waals surface area contributed by atoms with E-state index in [1.807, 2.05) is 2.38 Å². The zero-order valence-electron chi connectivity index (χ0n) is 9.88. The molecule has 19 heavy (non-hydrogen) atoms. The Kier molecular flexibility index (Phi) is 3.18. The van der Waals surface area contributed by atoms with Crippen molar-refractivity contribution in [3.8, 4) is 11.1 Å². The van der Waals surface area contributed by atoms with Crippen molar-refractivity contribution < 1.29 is 9.18 Å². The van der Waals surface area contributed by atoms with E-state index < -0.39 is 0 Å². The molecule has 0 aliphatic heterocycles. The quantitative estimate of drug-likeness (QED) is 0.451. The molecule has 0 saturated carbocycles. The molecule has 0 unspecified atom stereocenters. The molecule has 0 saturated heterocycles. The van der Waals surface area contributed by atoms with Crippen LogP contribution in [0.25, 0.3) is 22.2 Å². The van der Waals surface area contributed by atoms with Gasteiger partial charge in [0.15, 0.2) is 0 Å². The van der Waals surface area contributed by atoms with Gasteiger partial charge in [-0.15, -0.1) is 0 Å². The molecule has 5 heteroatoms. The van der Waals surface area contributed by atoms with Crippen LogP contribution in [0.2, 0.25) is 0 Å². The molecule has 0 fully saturated rings. The maximum atomic E-state index is 14.2. The van der Waals surface area contributed by atoms with Crippen LogP contribution in [0, 0.1) is 5.82 Å². The summed E-state index contributed by atoms with van der Waals surface area (Å²) in [6.45, 7) is 0. The standard InChI is InChI=1S/C14H9FN2O.Tl/c15-12-6-14-13(16-8-17-14)5-11(12)10-3-1-9(7-18)2-4-10;/h1-8H,(H,16,17,18);/q;+1/p-1. The SMILES string of the molecule is O=Cc1ccc(-c2cc3nc[n]([Tl])c3cc2F)cc1. The number of rotatable bonds is 2. The third kappa shape index (κ3) is 2.20. The van der Waals surface area contributed by atoms with E-state index in [2.05, 4.69) is 4.98 Å². The molecule has 3 rings (SSSR count). The van der Waals surface area contributed by atoms with E-state index in [9.17, 15) is 9.18 Å². The Hall–Kier alpha value is -1.57. The van der Waals surface area contributed by atoms with Gasteiger partial charge >= 0.3 is 125 Å². The summed E-state index contributed by atoms with van der Waals surface area (Å²) in [6, 6.07) is 10.1. The van der Waals surface area contributed by atoms with E-state index >= 15 is 0 Å². The normalized spacial score (nSPS) is 10.7. The summed E-state index contributed by atoms with van der Waals surface area (Å²) < 4.78 is 16.1. The molecule has 0 N–H and O–H groups in total. The van der Waals surface area contributed by atoms with Crippen LogP contribution < -0.4 is 0 Å². The van der Waals surface area contributed by atoms with Gasteiger partial charge in [-0.1, -0.05) is 0 Å². The maximum absolute atomic E-state index is 14.2. The van der Waals surface area contributed by atoms with E-state index in [1.54, 1.807) is 36.7 Å². The fourth-order valence-electron chi connectivity index (χ4n) is 2.01. The molecule has 90 valence electrons. The van der Waals surface area contributed by atoms with Crippen LogP contribution >= 0.6 is 0 Å². The van der Waals surface area contributed by atoms with Crippen molar-refractivity contribution in [2.45, 2.75) is 0 Å². The molecule has 0 aliphatic carbocycles. The molecule has 0 amide bonds. The van der Waals surface area contributed by atoms with Gasteiger partial charge in [0.05, 0.1) is 0 Å². The monoisotopic (exact) mass is 444 g/mol. The van der Waals surface area contributed by atoms with Crippen molar-refractivity contribution in [1.29, 1.82) is 0 Å². The Morgan fingerprint density at radius 3 is 2.63 bits per heavy atom. The van der Waals surface area contributed by atoms with Crippen molar-refractivity contribution in [2.75, 3.05) is 0 Å². The number of carbonyl (C=O) groups excluding carboxylic acids is 1. The number of halogens is 1. The fraction of sp³-hybridized carbons (Fsp3) is 0. The molecule has 0 atom stereocenters. The Balaban J connectivity index is 2.17. The summed E-state index contributed by atoms with van der Waals surface area (Å²) in [4.78, 5) is 14.9. The summed E-state index contributed by atoms with van der Waals surface area (Å²) in [6.07, 6.45) is 2.50. The van der Waals surface area contributed by atoms with Crippen LogP contribution in [0.1, 0.15) is 10.4 Å². The van der Waals surface area contributed by atoms with Crippen LogP contribution in [-0.2, 0) is 0 Å². The van der Waals surface area contributed by atoms with Gasteiger partial charge in [-0.25, -0.2) is 0 Å².